The Bertz CT molecular complexity index is 731. The van der Waals surface area contributed by atoms with Crippen LogP contribution in [0.2, 0.25) is 0 Å². The van der Waals surface area contributed by atoms with Crippen molar-refractivity contribution in [3.05, 3.63) is 35.9 Å². The van der Waals surface area contributed by atoms with E-state index in [0.29, 0.717) is 19.3 Å². The first-order valence-electron chi connectivity index (χ1n) is 8.18. The Morgan fingerprint density at radius 2 is 1.79 bits per heavy atom. The highest BCUT2D eigenvalue weighted by molar-refractivity contribution is 7.92. The molecule has 0 radical (unpaired) electrons. The normalized spacial score (nSPS) is 29.3. The van der Waals surface area contributed by atoms with E-state index in [2.05, 4.69) is 0 Å². The van der Waals surface area contributed by atoms with Gasteiger partial charge in [0, 0.05) is 19.0 Å². The third-order valence-electron chi connectivity index (χ3n) is 5.03. The minimum atomic E-state index is -3.42. The Kier molecular flexibility index (Phi) is 4.62. The molecule has 0 bridgehead atoms. The lowest BCUT2D eigenvalue weighted by Gasteiger charge is -2.26. The van der Waals surface area contributed by atoms with Crippen LogP contribution in [0.5, 0.6) is 0 Å². The average molecular weight is 351 g/mol. The van der Waals surface area contributed by atoms with Gasteiger partial charge in [0.25, 0.3) is 0 Å². The van der Waals surface area contributed by atoms with Crippen LogP contribution in [0.15, 0.2) is 30.3 Å². The largest absolute Gasteiger partial charge is 0.481 e. The van der Waals surface area contributed by atoms with Crippen molar-refractivity contribution in [2.75, 3.05) is 18.8 Å². The maximum atomic E-state index is 12.7. The van der Waals surface area contributed by atoms with Gasteiger partial charge in [0.05, 0.1) is 11.7 Å². The lowest BCUT2D eigenvalue weighted by molar-refractivity contribution is -0.141. The number of likely N-dealkylation sites (tertiary alicyclic amines) is 1. The van der Waals surface area contributed by atoms with Gasteiger partial charge in [-0.3, -0.25) is 9.59 Å². The molecule has 1 aromatic rings. The van der Waals surface area contributed by atoms with Gasteiger partial charge >= 0.3 is 5.97 Å². The van der Waals surface area contributed by atoms with E-state index in [1.54, 1.807) is 0 Å². The zero-order valence-electron chi connectivity index (χ0n) is 13.3. The Labute approximate surface area is 141 Å². The molecule has 2 saturated heterocycles. The van der Waals surface area contributed by atoms with E-state index in [0.717, 1.165) is 5.56 Å². The summed E-state index contributed by atoms with van der Waals surface area (Å²) in [5.41, 5.74) is 0.867. The molecule has 2 aliphatic rings. The quantitative estimate of drug-likeness (QED) is 0.886. The van der Waals surface area contributed by atoms with Crippen molar-refractivity contribution in [1.29, 1.82) is 0 Å². The van der Waals surface area contributed by atoms with E-state index in [4.69, 9.17) is 0 Å². The molecule has 24 heavy (non-hydrogen) atoms. The molecular weight excluding hydrogens is 330 g/mol. The maximum Gasteiger partial charge on any atom is 0.308 e. The monoisotopic (exact) mass is 351 g/mol. The minimum absolute atomic E-state index is 0.0434. The van der Waals surface area contributed by atoms with Gasteiger partial charge in [-0.1, -0.05) is 36.8 Å². The number of benzene rings is 1. The summed E-state index contributed by atoms with van der Waals surface area (Å²) in [5, 5.41) is 8.50. The summed E-state index contributed by atoms with van der Waals surface area (Å²) in [7, 11) is -3.42. The van der Waals surface area contributed by atoms with E-state index in [1.807, 2.05) is 30.3 Å². The molecule has 0 aromatic heterocycles. The van der Waals surface area contributed by atoms with Crippen LogP contribution in [-0.4, -0.2) is 54.4 Å². The molecule has 1 N–H and O–H groups in total. The first-order chi connectivity index (χ1) is 11.4. The Hall–Kier alpha value is -1.89. The van der Waals surface area contributed by atoms with Gasteiger partial charge < -0.3 is 10.0 Å². The topological polar surface area (TPSA) is 91.8 Å². The number of hydrogen-bond donors (Lipinski definition) is 1. The minimum Gasteiger partial charge on any atom is -0.481 e. The van der Waals surface area contributed by atoms with Crippen molar-refractivity contribution in [2.45, 2.75) is 30.4 Å². The molecule has 0 aliphatic carbocycles. The molecule has 130 valence electrons. The molecule has 2 fully saturated rings. The lowest BCUT2D eigenvalue weighted by Crippen LogP contribution is -2.44. The first-order valence-corrected chi connectivity index (χ1v) is 9.90. The van der Waals surface area contributed by atoms with E-state index in [9.17, 15) is 23.1 Å². The van der Waals surface area contributed by atoms with Crippen molar-refractivity contribution >= 4 is 21.7 Å². The Morgan fingerprint density at radius 3 is 2.42 bits per heavy atom. The number of carbonyl (C=O) groups excluding carboxylic acids is 1. The summed E-state index contributed by atoms with van der Waals surface area (Å²) in [6, 6.07) is 9.23. The Balaban J connectivity index is 1.83. The first kappa shape index (κ1) is 17.0. The number of carboxylic acid groups (broad SMARTS) is 1. The van der Waals surface area contributed by atoms with Crippen LogP contribution in [0.4, 0.5) is 0 Å². The second-order valence-corrected chi connectivity index (χ2v) is 8.86. The van der Waals surface area contributed by atoms with Gasteiger partial charge in [-0.25, -0.2) is 8.42 Å². The third-order valence-corrected chi connectivity index (χ3v) is 7.19. The fourth-order valence-corrected chi connectivity index (χ4v) is 5.58. The molecule has 6 nitrogen and oxygen atoms in total. The van der Waals surface area contributed by atoms with Crippen LogP contribution in [0, 0.1) is 5.92 Å². The molecular formula is C17H21NO5S. The predicted octanol–water partition coefficient (Wildman–Crippen LogP) is 1.28. The summed E-state index contributed by atoms with van der Waals surface area (Å²) in [6.45, 7) is 0.325. The molecule has 3 rings (SSSR count). The van der Waals surface area contributed by atoms with Gasteiger partial charge in [0.15, 0.2) is 9.84 Å². The molecule has 1 unspecified atom stereocenters. The van der Waals surface area contributed by atoms with Gasteiger partial charge in [-0.05, 0) is 18.4 Å². The number of sulfone groups is 1. The van der Waals surface area contributed by atoms with Crippen molar-refractivity contribution in [3.8, 4) is 0 Å². The van der Waals surface area contributed by atoms with Gasteiger partial charge in [-0.2, -0.15) is 0 Å². The Morgan fingerprint density at radius 1 is 1.08 bits per heavy atom. The smallest absolute Gasteiger partial charge is 0.308 e. The predicted molar refractivity (Wildman–Crippen MR) is 88.3 cm³/mol. The second-order valence-electron chi connectivity index (χ2n) is 6.56. The number of rotatable bonds is 3. The highest BCUT2D eigenvalue weighted by Gasteiger charge is 2.45. The highest BCUT2D eigenvalue weighted by Crippen LogP contribution is 2.34. The molecule has 3 atom stereocenters. The second kappa shape index (κ2) is 6.55. The summed E-state index contributed by atoms with van der Waals surface area (Å²) >= 11 is 0. The van der Waals surface area contributed by atoms with Gasteiger partial charge in [0.1, 0.15) is 5.25 Å². The van der Waals surface area contributed by atoms with Crippen molar-refractivity contribution < 1.29 is 23.1 Å². The highest BCUT2D eigenvalue weighted by atomic mass is 32.2. The fraction of sp³-hybridized carbons (Fsp3) is 0.529. The molecule has 0 spiro atoms. The fourth-order valence-electron chi connectivity index (χ4n) is 3.71. The van der Waals surface area contributed by atoms with E-state index < -0.39 is 32.9 Å². The third kappa shape index (κ3) is 3.17. The van der Waals surface area contributed by atoms with E-state index in [-0.39, 0.29) is 24.8 Å². The van der Waals surface area contributed by atoms with Crippen molar-refractivity contribution in [1.82, 2.24) is 4.90 Å². The number of nitrogens with zero attached hydrogens (tertiary/aromatic N) is 1. The lowest BCUT2D eigenvalue weighted by atomic mass is 9.89. The summed E-state index contributed by atoms with van der Waals surface area (Å²) < 4.78 is 24.4. The van der Waals surface area contributed by atoms with Gasteiger partial charge in [-0.15, -0.1) is 0 Å². The molecule has 2 heterocycles. The van der Waals surface area contributed by atoms with Crippen LogP contribution in [0.3, 0.4) is 0 Å². The molecule has 2 aliphatic heterocycles. The SMILES string of the molecule is O=C(O)[C@@H]1CN(C(=O)C2CCCCS2(=O)=O)C[C@@H]1c1ccccc1. The summed E-state index contributed by atoms with van der Waals surface area (Å²) in [6.07, 6.45) is 1.65. The standard InChI is InChI=1S/C17H21NO5S/c19-16(15-8-4-5-9-24(15,22)23)18-10-13(14(11-18)17(20)21)12-6-2-1-3-7-12/h1-3,6-7,13-15H,4-5,8-11H2,(H,20,21)/t13-,14-,15?/m1/s1. The number of carbonyl (C=O) groups is 2. The molecule has 1 aromatic carbocycles. The van der Waals surface area contributed by atoms with E-state index >= 15 is 0 Å². The van der Waals surface area contributed by atoms with Crippen molar-refractivity contribution in [3.63, 3.8) is 0 Å². The zero-order chi connectivity index (χ0) is 17.3. The number of carboxylic acids is 1. The number of aliphatic carboxylic acids is 1. The summed E-state index contributed by atoms with van der Waals surface area (Å²) in [5.74, 6) is -2.35. The van der Waals surface area contributed by atoms with Crippen LogP contribution in [0.1, 0.15) is 30.7 Å². The average Bonchev–Trinajstić information content (AvgIpc) is 3.00. The molecule has 0 saturated carbocycles. The maximum absolute atomic E-state index is 12.7. The van der Waals surface area contributed by atoms with Crippen LogP contribution in [-0.2, 0) is 19.4 Å². The van der Waals surface area contributed by atoms with Crippen LogP contribution >= 0.6 is 0 Å². The van der Waals surface area contributed by atoms with Crippen LogP contribution in [0.25, 0.3) is 0 Å². The summed E-state index contributed by atoms with van der Waals surface area (Å²) in [4.78, 5) is 25.8. The number of hydrogen-bond acceptors (Lipinski definition) is 4. The zero-order valence-corrected chi connectivity index (χ0v) is 14.1. The van der Waals surface area contributed by atoms with Crippen LogP contribution < -0.4 is 0 Å². The molecule has 1 amide bonds. The van der Waals surface area contributed by atoms with Gasteiger partial charge in [0.2, 0.25) is 5.91 Å². The number of amides is 1. The molecule has 7 heteroatoms. The van der Waals surface area contributed by atoms with E-state index in [1.165, 1.54) is 4.90 Å². The van der Waals surface area contributed by atoms with Crippen molar-refractivity contribution in [2.24, 2.45) is 5.92 Å².